The average molecular weight is 417 g/mol. The molecule has 1 saturated heterocycles. The van der Waals surface area contributed by atoms with Crippen LogP contribution < -0.4 is 5.32 Å². The zero-order chi connectivity index (χ0) is 20.5. The number of carbonyl (C=O) groups excluding carboxylic acids is 1. The highest BCUT2D eigenvalue weighted by molar-refractivity contribution is 7.18. The van der Waals surface area contributed by atoms with Crippen LogP contribution >= 0.6 is 11.3 Å². The van der Waals surface area contributed by atoms with Crippen LogP contribution in [0.15, 0.2) is 60.8 Å². The topological polar surface area (TPSA) is 58.1 Å². The lowest BCUT2D eigenvalue weighted by Crippen LogP contribution is -2.45. The molecule has 5 nitrogen and oxygen atoms in total. The van der Waals surface area contributed by atoms with Gasteiger partial charge in [0.25, 0.3) is 0 Å². The van der Waals surface area contributed by atoms with Crippen LogP contribution in [0.25, 0.3) is 21.1 Å². The summed E-state index contributed by atoms with van der Waals surface area (Å²) < 4.78 is 1.26. The quantitative estimate of drug-likeness (QED) is 0.506. The van der Waals surface area contributed by atoms with Crippen LogP contribution in [-0.2, 0) is 4.79 Å². The molecule has 0 bridgehead atoms. The Labute approximate surface area is 179 Å². The van der Waals surface area contributed by atoms with Crippen LogP contribution in [0.1, 0.15) is 30.7 Å². The number of piperidine rings is 1. The Bertz CT molecular complexity index is 1160. The Kier molecular flexibility index (Phi) is 5.19. The second kappa shape index (κ2) is 8.13. The molecule has 0 spiro atoms. The van der Waals surface area contributed by atoms with Crippen LogP contribution in [0.4, 0.5) is 5.69 Å². The number of fused-ring (bicyclic) bond motifs is 2. The minimum Gasteiger partial charge on any atom is -0.324 e. The van der Waals surface area contributed by atoms with E-state index in [1.165, 1.54) is 9.71 Å². The molecule has 5 rings (SSSR count). The number of likely N-dealkylation sites (tertiary alicyclic amines) is 1. The zero-order valence-corrected chi connectivity index (χ0v) is 17.7. The Morgan fingerprint density at radius 2 is 1.87 bits per heavy atom. The largest absolute Gasteiger partial charge is 0.324 e. The Morgan fingerprint density at radius 3 is 2.70 bits per heavy atom. The first kappa shape index (κ1) is 19.2. The van der Waals surface area contributed by atoms with Crippen molar-refractivity contribution in [3.05, 3.63) is 65.8 Å². The number of anilines is 1. The van der Waals surface area contributed by atoms with Gasteiger partial charge in [0.1, 0.15) is 0 Å². The van der Waals surface area contributed by atoms with Gasteiger partial charge < -0.3 is 5.32 Å². The van der Waals surface area contributed by atoms with Gasteiger partial charge in [-0.05, 0) is 69.3 Å². The molecular formula is C24H24N4OS. The molecule has 2 aromatic heterocycles. The van der Waals surface area contributed by atoms with Gasteiger partial charge in [0, 0.05) is 17.5 Å². The van der Waals surface area contributed by atoms with E-state index in [1.807, 2.05) is 54.7 Å². The average Bonchev–Trinajstić information content (AvgIpc) is 3.23. The molecule has 0 saturated carbocycles. The number of thiazole rings is 1. The van der Waals surface area contributed by atoms with E-state index < -0.39 is 0 Å². The second-order valence-electron chi connectivity index (χ2n) is 7.87. The Balaban J connectivity index is 1.24. The molecule has 1 unspecified atom stereocenters. The van der Waals surface area contributed by atoms with Gasteiger partial charge in [-0.2, -0.15) is 0 Å². The Hall–Kier alpha value is -2.83. The van der Waals surface area contributed by atoms with E-state index in [0.717, 1.165) is 48.0 Å². The lowest BCUT2D eigenvalue weighted by molar-refractivity contribution is -0.121. The van der Waals surface area contributed by atoms with Crippen molar-refractivity contribution < 1.29 is 4.79 Å². The van der Waals surface area contributed by atoms with Crippen LogP contribution in [0.5, 0.6) is 0 Å². The maximum atomic E-state index is 12.9. The molecule has 1 atom stereocenters. The van der Waals surface area contributed by atoms with Gasteiger partial charge in [0.05, 0.1) is 32.5 Å². The number of pyridine rings is 1. The van der Waals surface area contributed by atoms with Crippen molar-refractivity contribution in [3.63, 3.8) is 0 Å². The summed E-state index contributed by atoms with van der Waals surface area (Å²) in [4.78, 5) is 24.4. The van der Waals surface area contributed by atoms with E-state index in [9.17, 15) is 4.79 Å². The van der Waals surface area contributed by atoms with E-state index >= 15 is 0 Å². The molecule has 1 N–H and O–H groups in total. The fourth-order valence-electron chi connectivity index (χ4n) is 4.21. The van der Waals surface area contributed by atoms with Gasteiger partial charge in [-0.25, -0.2) is 4.98 Å². The van der Waals surface area contributed by atoms with Crippen LogP contribution in [0.3, 0.4) is 0 Å². The van der Waals surface area contributed by atoms with E-state index in [0.29, 0.717) is 5.92 Å². The summed E-state index contributed by atoms with van der Waals surface area (Å²) in [7, 11) is 0. The lowest BCUT2D eigenvalue weighted by Gasteiger charge is -2.34. The number of amides is 1. The highest BCUT2D eigenvalue weighted by Crippen LogP contribution is 2.34. The SMILES string of the molecule is CC(C(=O)Nc1cccc2ncccc12)N1CCC(c2nc3ccccc3s2)CC1. The van der Waals surface area contributed by atoms with Crippen molar-refractivity contribution in [2.45, 2.75) is 31.7 Å². The summed E-state index contributed by atoms with van der Waals surface area (Å²) in [5.74, 6) is 0.517. The molecule has 152 valence electrons. The number of nitrogens with zero attached hydrogens (tertiary/aromatic N) is 3. The van der Waals surface area contributed by atoms with E-state index in [4.69, 9.17) is 4.98 Å². The van der Waals surface area contributed by atoms with Crippen molar-refractivity contribution in [2.75, 3.05) is 18.4 Å². The number of aromatic nitrogens is 2. The predicted molar refractivity (Wildman–Crippen MR) is 123 cm³/mol. The van der Waals surface area contributed by atoms with Crippen LogP contribution in [0, 0.1) is 0 Å². The standard InChI is InChI=1S/C24H24N4OS/c1-16(23(29)26-20-9-4-8-19-18(20)6-5-13-25-19)28-14-11-17(12-15-28)24-27-21-7-2-3-10-22(21)30-24/h2-10,13,16-17H,11-12,14-15H2,1H3,(H,26,29). The molecule has 1 aliphatic rings. The third-order valence-corrected chi connectivity index (χ3v) is 7.22. The van der Waals surface area contributed by atoms with Crippen molar-refractivity contribution in [1.82, 2.24) is 14.9 Å². The number of rotatable bonds is 4. The molecule has 1 fully saturated rings. The van der Waals surface area contributed by atoms with E-state index in [-0.39, 0.29) is 11.9 Å². The molecule has 1 amide bonds. The van der Waals surface area contributed by atoms with Crippen molar-refractivity contribution in [1.29, 1.82) is 0 Å². The first-order valence-corrected chi connectivity index (χ1v) is 11.2. The fraction of sp³-hybridized carbons (Fsp3) is 0.292. The minimum atomic E-state index is -0.173. The maximum Gasteiger partial charge on any atom is 0.241 e. The van der Waals surface area contributed by atoms with Crippen molar-refractivity contribution in [2.24, 2.45) is 0 Å². The molecule has 3 heterocycles. The van der Waals surface area contributed by atoms with Gasteiger partial charge in [0.15, 0.2) is 0 Å². The third-order valence-electron chi connectivity index (χ3n) is 6.02. The number of para-hydroxylation sites is 1. The predicted octanol–water partition coefficient (Wildman–Crippen LogP) is 5.05. The number of benzene rings is 2. The van der Waals surface area contributed by atoms with Gasteiger partial charge in [-0.15, -0.1) is 11.3 Å². The van der Waals surface area contributed by atoms with Crippen LogP contribution in [0.2, 0.25) is 0 Å². The molecular weight excluding hydrogens is 392 g/mol. The zero-order valence-electron chi connectivity index (χ0n) is 16.9. The molecule has 4 aromatic rings. The Morgan fingerprint density at radius 1 is 1.07 bits per heavy atom. The van der Waals surface area contributed by atoms with E-state index in [1.54, 1.807) is 6.20 Å². The molecule has 0 aliphatic carbocycles. The number of hydrogen-bond acceptors (Lipinski definition) is 5. The molecule has 2 aromatic carbocycles. The third kappa shape index (κ3) is 3.68. The smallest absolute Gasteiger partial charge is 0.241 e. The van der Waals surface area contributed by atoms with Crippen molar-refractivity contribution in [3.8, 4) is 0 Å². The molecule has 0 radical (unpaired) electrons. The van der Waals surface area contributed by atoms with Crippen molar-refractivity contribution >= 4 is 44.1 Å². The maximum absolute atomic E-state index is 12.9. The summed E-state index contributed by atoms with van der Waals surface area (Å²) in [6.45, 7) is 3.81. The number of nitrogens with one attached hydrogen (secondary N) is 1. The minimum absolute atomic E-state index is 0.0322. The summed E-state index contributed by atoms with van der Waals surface area (Å²) in [6.07, 6.45) is 3.84. The first-order valence-electron chi connectivity index (χ1n) is 10.4. The van der Waals surface area contributed by atoms with E-state index in [2.05, 4.69) is 33.4 Å². The molecule has 30 heavy (non-hydrogen) atoms. The second-order valence-corrected chi connectivity index (χ2v) is 8.93. The summed E-state index contributed by atoms with van der Waals surface area (Å²) in [5, 5.41) is 5.31. The lowest BCUT2D eigenvalue weighted by atomic mass is 9.96. The van der Waals surface area contributed by atoms with Gasteiger partial charge in [-0.1, -0.05) is 18.2 Å². The monoisotopic (exact) mass is 416 g/mol. The first-order chi connectivity index (χ1) is 14.7. The highest BCUT2D eigenvalue weighted by Gasteiger charge is 2.29. The van der Waals surface area contributed by atoms with Gasteiger partial charge >= 0.3 is 0 Å². The highest BCUT2D eigenvalue weighted by atomic mass is 32.1. The summed E-state index contributed by atoms with van der Waals surface area (Å²) in [6, 6.07) is 17.9. The molecule has 1 aliphatic heterocycles. The fourth-order valence-corrected chi connectivity index (χ4v) is 5.35. The van der Waals surface area contributed by atoms with Gasteiger partial charge in [0.2, 0.25) is 5.91 Å². The number of hydrogen-bond donors (Lipinski definition) is 1. The summed E-state index contributed by atoms with van der Waals surface area (Å²) >= 11 is 1.81. The van der Waals surface area contributed by atoms with Crippen LogP contribution in [-0.4, -0.2) is 39.9 Å². The normalized spacial score (nSPS) is 16.7. The number of carbonyl (C=O) groups is 1. The molecule has 6 heteroatoms. The summed E-state index contributed by atoms with van der Waals surface area (Å²) in [5.41, 5.74) is 2.80. The van der Waals surface area contributed by atoms with Gasteiger partial charge in [-0.3, -0.25) is 14.7 Å².